The molecule has 0 aliphatic carbocycles. The van der Waals surface area contributed by atoms with Crippen LogP contribution in [-0.2, 0) is 14.4 Å². The van der Waals surface area contributed by atoms with E-state index in [2.05, 4.69) is 0 Å². The Kier molecular flexibility index (Phi) is 6.06. The Balaban J connectivity index is 2.18. The monoisotopic (exact) mass is 411 g/mol. The summed E-state index contributed by atoms with van der Waals surface area (Å²) in [6.45, 7) is -0.192. The van der Waals surface area contributed by atoms with Crippen molar-refractivity contribution >= 4 is 23.4 Å². The Morgan fingerprint density at radius 1 is 1.00 bits per heavy atom. The molecule has 2 aromatic rings. The molecule has 8 nitrogen and oxygen atoms in total. The first-order valence-electron chi connectivity index (χ1n) is 9.16. The van der Waals surface area contributed by atoms with Gasteiger partial charge < -0.3 is 24.6 Å². The highest BCUT2D eigenvalue weighted by Gasteiger charge is 2.47. The first kappa shape index (κ1) is 20.9. The Morgan fingerprint density at radius 3 is 2.27 bits per heavy atom. The van der Waals surface area contributed by atoms with Gasteiger partial charge in [-0.05, 0) is 30.3 Å². The van der Waals surface area contributed by atoms with Crippen LogP contribution in [0.1, 0.15) is 23.6 Å². The predicted molar refractivity (Wildman–Crippen MR) is 107 cm³/mol. The Bertz CT molecular complexity index is 1010. The summed E-state index contributed by atoms with van der Waals surface area (Å²) in [7, 11) is 2.95. The van der Waals surface area contributed by atoms with E-state index in [1.165, 1.54) is 14.2 Å². The van der Waals surface area contributed by atoms with Crippen LogP contribution in [0.25, 0.3) is 5.76 Å². The molecule has 1 heterocycles. The van der Waals surface area contributed by atoms with E-state index in [0.717, 1.165) is 4.90 Å². The highest BCUT2D eigenvalue weighted by atomic mass is 16.5. The number of hydrogen-bond donors (Lipinski definition) is 2. The number of carboxylic acids is 1. The Morgan fingerprint density at radius 2 is 1.67 bits per heavy atom. The molecule has 0 spiro atoms. The summed E-state index contributed by atoms with van der Waals surface area (Å²) < 4.78 is 10.5. The first-order chi connectivity index (χ1) is 14.4. The van der Waals surface area contributed by atoms with Gasteiger partial charge in [0.2, 0.25) is 0 Å². The maximum absolute atomic E-state index is 12.9. The van der Waals surface area contributed by atoms with Gasteiger partial charge >= 0.3 is 5.97 Å². The van der Waals surface area contributed by atoms with Crippen molar-refractivity contribution < 1.29 is 34.1 Å². The zero-order valence-electron chi connectivity index (χ0n) is 16.5. The van der Waals surface area contributed by atoms with Crippen LogP contribution in [0, 0.1) is 0 Å². The highest BCUT2D eigenvalue weighted by Crippen LogP contribution is 2.42. The van der Waals surface area contributed by atoms with Crippen LogP contribution in [0.5, 0.6) is 11.5 Å². The standard InChI is InChI=1S/C22H21NO7/c1-29-14-9-7-13(8-10-14)20(26)18-19(15-5-3-4-6-16(15)30-2)23(12-11-17(24)25)22(28)21(18)27/h3-10,19,26H,11-12H2,1-2H3,(H,24,25)/b20-18-. The van der Waals surface area contributed by atoms with E-state index < -0.39 is 23.7 Å². The second-order valence-electron chi connectivity index (χ2n) is 6.61. The molecule has 1 aliphatic heterocycles. The third-order valence-electron chi connectivity index (χ3n) is 4.90. The molecule has 2 aromatic carbocycles. The van der Waals surface area contributed by atoms with Crippen LogP contribution < -0.4 is 9.47 Å². The first-order valence-corrected chi connectivity index (χ1v) is 9.16. The van der Waals surface area contributed by atoms with Crippen molar-refractivity contribution in [2.24, 2.45) is 0 Å². The van der Waals surface area contributed by atoms with Gasteiger partial charge in [-0.25, -0.2) is 0 Å². The van der Waals surface area contributed by atoms with Crippen molar-refractivity contribution in [1.29, 1.82) is 0 Å². The van der Waals surface area contributed by atoms with Crippen LogP contribution in [0.3, 0.4) is 0 Å². The maximum atomic E-state index is 12.9. The number of likely N-dealkylation sites (tertiary alicyclic amines) is 1. The van der Waals surface area contributed by atoms with E-state index in [-0.39, 0.29) is 24.3 Å². The summed E-state index contributed by atoms with van der Waals surface area (Å²) in [5.74, 6) is -2.25. The van der Waals surface area contributed by atoms with E-state index in [1.54, 1.807) is 48.5 Å². The molecule has 0 saturated carbocycles. The van der Waals surface area contributed by atoms with E-state index in [4.69, 9.17) is 14.6 Å². The summed E-state index contributed by atoms with van der Waals surface area (Å²) in [6, 6.07) is 12.2. The zero-order chi connectivity index (χ0) is 21.8. The number of aliphatic carboxylic acids is 1. The van der Waals surface area contributed by atoms with E-state index in [9.17, 15) is 19.5 Å². The second kappa shape index (κ2) is 8.69. The lowest BCUT2D eigenvalue weighted by molar-refractivity contribution is -0.142. The van der Waals surface area contributed by atoms with Crippen molar-refractivity contribution in [1.82, 2.24) is 4.90 Å². The molecule has 156 valence electrons. The summed E-state index contributed by atoms with van der Waals surface area (Å²) in [4.78, 5) is 37.8. The number of rotatable bonds is 7. The molecule has 1 amide bonds. The number of amides is 1. The quantitative estimate of drug-likeness (QED) is 0.409. The molecule has 1 fully saturated rings. The van der Waals surface area contributed by atoms with Gasteiger partial charge in [0.1, 0.15) is 17.3 Å². The smallest absolute Gasteiger partial charge is 0.305 e. The number of carboxylic acid groups (broad SMARTS) is 1. The number of aliphatic hydroxyl groups is 1. The second-order valence-corrected chi connectivity index (χ2v) is 6.61. The van der Waals surface area contributed by atoms with Crippen molar-refractivity contribution in [3.05, 3.63) is 65.2 Å². The number of carbonyl (C=O) groups excluding carboxylic acids is 2. The predicted octanol–water partition coefficient (Wildman–Crippen LogP) is 2.60. The van der Waals surface area contributed by atoms with Crippen molar-refractivity contribution in [3.63, 3.8) is 0 Å². The number of methoxy groups -OCH3 is 2. The number of para-hydroxylation sites is 1. The minimum absolute atomic E-state index is 0.125. The number of Topliss-reactive ketones (excluding diaryl/α,β-unsaturated/α-hetero) is 1. The number of ketones is 1. The van der Waals surface area contributed by atoms with Crippen LogP contribution in [0.4, 0.5) is 0 Å². The molecule has 0 aromatic heterocycles. The van der Waals surface area contributed by atoms with Crippen molar-refractivity contribution in [2.45, 2.75) is 12.5 Å². The fourth-order valence-corrected chi connectivity index (χ4v) is 3.45. The van der Waals surface area contributed by atoms with Gasteiger partial charge in [0.05, 0.1) is 32.3 Å². The molecular formula is C22H21NO7. The number of hydrogen-bond acceptors (Lipinski definition) is 6. The van der Waals surface area contributed by atoms with Crippen LogP contribution >= 0.6 is 0 Å². The number of aliphatic hydroxyl groups excluding tert-OH is 1. The van der Waals surface area contributed by atoms with Gasteiger partial charge in [0.15, 0.2) is 0 Å². The van der Waals surface area contributed by atoms with Crippen molar-refractivity contribution in [3.8, 4) is 11.5 Å². The molecule has 1 aliphatic rings. The van der Waals surface area contributed by atoms with Gasteiger partial charge in [-0.2, -0.15) is 0 Å². The van der Waals surface area contributed by atoms with Gasteiger partial charge in [-0.3, -0.25) is 14.4 Å². The normalized spacial score (nSPS) is 17.8. The molecule has 30 heavy (non-hydrogen) atoms. The lowest BCUT2D eigenvalue weighted by atomic mass is 9.94. The van der Waals surface area contributed by atoms with Crippen LogP contribution in [0.2, 0.25) is 0 Å². The van der Waals surface area contributed by atoms with Crippen molar-refractivity contribution in [2.75, 3.05) is 20.8 Å². The zero-order valence-corrected chi connectivity index (χ0v) is 16.5. The SMILES string of the molecule is COc1ccc(/C(O)=C2/C(=O)C(=O)N(CCC(=O)O)C2c2ccccc2OC)cc1. The fraction of sp³-hybridized carbons (Fsp3) is 0.227. The Labute approximate surface area is 173 Å². The largest absolute Gasteiger partial charge is 0.507 e. The third-order valence-corrected chi connectivity index (χ3v) is 4.90. The highest BCUT2D eigenvalue weighted by molar-refractivity contribution is 6.46. The molecule has 0 bridgehead atoms. The molecular weight excluding hydrogens is 390 g/mol. The lowest BCUT2D eigenvalue weighted by Gasteiger charge is -2.26. The number of benzene rings is 2. The van der Waals surface area contributed by atoms with Gasteiger partial charge in [-0.15, -0.1) is 0 Å². The average molecular weight is 411 g/mol. The molecule has 1 saturated heterocycles. The van der Waals surface area contributed by atoms with Crippen LogP contribution in [-0.4, -0.2) is 53.5 Å². The molecule has 8 heteroatoms. The molecule has 0 radical (unpaired) electrons. The molecule has 1 unspecified atom stereocenters. The topological polar surface area (TPSA) is 113 Å². The lowest BCUT2D eigenvalue weighted by Crippen LogP contribution is -2.32. The number of carbonyl (C=O) groups is 3. The van der Waals surface area contributed by atoms with E-state index >= 15 is 0 Å². The summed E-state index contributed by atoms with van der Waals surface area (Å²) >= 11 is 0. The summed E-state index contributed by atoms with van der Waals surface area (Å²) in [5, 5.41) is 20.0. The van der Waals surface area contributed by atoms with Gasteiger partial charge in [0.25, 0.3) is 11.7 Å². The minimum Gasteiger partial charge on any atom is -0.507 e. The molecule has 3 rings (SSSR count). The van der Waals surface area contributed by atoms with Crippen LogP contribution in [0.15, 0.2) is 54.1 Å². The fourth-order valence-electron chi connectivity index (χ4n) is 3.45. The molecule has 1 atom stereocenters. The summed E-state index contributed by atoms with van der Waals surface area (Å²) in [6.07, 6.45) is -0.346. The van der Waals surface area contributed by atoms with E-state index in [1.807, 2.05) is 0 Å². The summed E-state index contributed by atoms with van der Waals surface area (Å²) in [5.41, 5.74) is 0.673. The molecule has 2 N–H and O–H groups in total. The Hall–Kier alpha value is -3.81. The van der Waals surface area contributed by atoms with Gasteiger partial charge in [-0.1, -0.05) is 18.2 Å². The maximum Gasteiger partial charge on any atom is 0.305 e. The number of ether oxygens (including phenoxy) is 2. The third kappa shape index (κ3) is 3.84. The number of nitrogens with zero attached hydrogens (tertiary/aromatic N) is 1. The van der Waals surface area contributed by atoms with Gasteiger partial charge in [0, 0.05) is 17.7 Å². The van der Waals surface area contributed by atoms with E-state index in [0.29, 0.717) is 22.6 Å². The minimum atomic E-state index is -1.11. The average Bonchev–Trinajstić information content (AvgIpc) is 3.01.